The SMILES string of the molecule is Cc1nc(CN(C)C2CCN(C)CC2)sc1C=O. The van der Waals surface area contributed by atoms with Crippen LogP contribution in [0.5, 0.6) is 0 Å². The zero-order valence-electron chi connectivity index (χ0n) is 11.3. The van der Waals surface area contributed by atoms with Crippen molar-refractivity contribution >= 4 is 17.6 Å². The van der Waals surface area contributed by atoms with Gasteiger partial charge in [0.2, 0.25) is 0 Å². The van der Waals surface area contributed by atoms with E-state index in [0.717, 1.165) is 28.4 Å². The Morgan fingerprint density at radius 3 is 2.72 bits per heavy atom. The summed E-state index contributed by atoms with van der Waals surface area (Å²) in [6.45, 7) is 5.10. The van der Waals surface area contributed by atoms with Crippen molar-refractivity contribution in [2.24, 2.45) is 0 Å². The van der Waals surface area contributed by atoms with Gasteiger partial charge in [-0.1, -0.05) is 0 Å². The number of aldehydes is 1. The van der Waals surface area contributed by atoms with Gasteiger partial charge >= 0.3 is 0 Å². The predicted molar refractivity (Wildman–Crippen MR) is 74.2 cm³/mol. The van der Waals surface area contributed by atoms with Crippen molar-refractivity contribution in [2.45, 2.75) is 32.4 Å². The van der Waals surface area contributed by atoms with Gasteiger partial charge in [0.1, 0.15) is 5.01 Å². The largest absolute Gasteiger partial charge is 0.306 e. The normalized spacial score (nSPS) is 18.4. The van der Waals surface area contributed by atoms with E-state index in [-0.39, 0.29) is 0 Å². The summed E-state index contributed by atoms with van der Waals surface area (Å²) in [6, 6.07) is 0.644. The van der Waals surface area contributed by atoms with Gasteiger partial charge < -0.3 is 4.90 Å². The molecule has 18 heavy (non-hydrogen) atoms. The summed E-state index contributed by atoms with van der Waals surface area (Å²) in [6.07, 6.45) is 3.35. The molecule has 0 atom stereocenters. The van der Waals surface area contributed by atoms with Gasteiger partial charge in [-0.25, -0.2) is 4.98 Å². The highest BCUT2D eigenvalue weighted by Gasteiger charge is 2.21. The lowest BCUT2D eigenvalue weighted by Gasteiger charge is -2.34. The molecule has 2 heterocycles. The van der Waals surface area contributed by atoms with Crippen molar-refractivity contribution in [1.82, 2.24) is 14.8 Å². The van der Waals surface area contributed by atoms with Crippen LogP contribution in [0.15, 0.2) is 0 Å². The van der Waals surface area contributed by atoms with Gasteiger partial charge in [0.25, 0.3) is 0 Å². The van der Waals surface area contributed by atoms with Crippen LogP contribution in [0, 0.1) is 6.92 Å². The van der Waals surface area contributed by atoms with Gasteiger partial charge in [-0.05, 0) is 47.0 Å². The molecule has 5 heteroatoms. The summed E-state index contributed by atoms with van der Waals surface area (Å²) >= 11 is 1.52. The number of rotatable bonds is 4. The first kappa shape index (κ1) is 13.6. The van der Waals surface area contributed by atoms with Crippen LogP contribution < -0.4 is 0 Å². The number of thiazole rings is 1. The average Bonchev–Trinajstić information content (AvgIpc) is 2.70. The van der Waals surface area contributed by atoms with Crippen molar-refractivity contribution < 1.29 is 4.79 Å². The Bertz CT molecular complexity index is 410. The molecule has 0 aromatic carbocycles. The van der Waals surface area contributed by atoms with Gasteiger partial charge in [0, 0.05) is 6.04 Å². The van der Waals surface area contributed by atoms with Crippen LogP contribution in [0.1, 0.15) is 33.2 Å². The summed E-state index contributed by atoms with van der Waals surface area (Å²) in [5.41, 5.74) is 0.863. The van der Waals surface area contributed by atoms with Gasteiger partial charge in [-0.3, -0.25) is 9.69 Å². The van der Waals surface area contributed by atoms with Crippen molar-refractivity contribution in [1.29, 1.82) is 0 Å². The van der Waals surface area contributed by atoms with E-state index in [2.05, 4.69) is 28.9 Å². The maximum Gasteiger partial charge on any atom is 0.161 e. The minimum absolute atomic E-state index is 0.644. The van der Waals surface area contributed by atoms with Gasteiger partial charge in [-0.15, -0.1) is 11.3 Å². The van der Waals surface area contributed by atoms with E-state index < -0.39 is 0 Å². The number of carbonyl (C=O) groups excluding carboxylic acids is 1. The molecule has 0 aliphatic carbocycles. The number of nitrogens with zero attached hydrogens (tertiary/aromatic N) is 3. The molecule has 1 aromatic rings. The van der Waals surface area contributed by atoms with Crippen LogP contribution in [0.3, 0.4) is 0 Å². The Morgan fingerprint density at radius 1 is 1.50 bits per heavy atom. The monoisotopic (exact) mass is 267 g/mol. The van der Waals surface area contributed by atoms with E-state index >= 15 is 0 Å². The fourth-order valence-corrected chi connectivity index (χ4v) is 3.37. The number of carbonyl (C=O) groups is 1. The van der Waals surface area contributed by atoms with Crippen LogP contribution in [0.4, 0.5) is 0 Å². The Labute approximate surface area is 113 Å². The van der Waals surface area contributed by atoms with E-state index in [1.165, 1.54) is 37.3 Å². The van der Waals surface area contributed by atoms with Crippen molar-refractivity contribution in [3.8, 4) is 0 Å². The quantitative estimate of drug-likeness (QED) is 0.779. The molecular formula is C13H21N3OS. The zero-order chi connectivity index (χ0) is 13.1. The topological polar surface area (TPSA) is 36.4 Å². The molecule has 0 N–H and O–H groups in total. The molecule has 2 rings (SSSR count). The molecule has 0 radical (unpaired) electrons. The number of aryl methyl sites for hydroxylation is 1. The molecule has 1 aliphatic rings. The molecular weight excluding hydrogens is 246 g/mol. The van der Waals surface area contributed by atoms with Crippen molar-refractivity contribution in [3.63, 3.8) is 0 Å². The summed E-state index contributed by atoms with van der Waals surface area (Å²) in [5, 5.41) is 1.05. The number of hydrogen-bond acceptors (Lipinski definition) is 5. The first-order valence-electron chi connectivity index (χ1n) is 6.40. The van der Waals surface area contributed by atoms with Gasteiger partial charge in [-0.2, -0.15) is 0 Å². The highest BCUT2D eigenvalue weighted by atomic mass is 32.1. The molecule has 0 spiro atoms. The minimum Gasteiger partial charge on any atom is -0.306 e. The molecule has 100 valence electrons. The Morgan fingerprint density at radius 2 is 2.17 bits per heavy atom. The molecule has 1 aliphatic heterocycles. The lowest BCUT2D eigenvalue weighted by atomic mass is 10.0. The lowest BCUT2D eigenvalue weighted by Crippen LogP contribution is -2.41. The van der Waals surface area contributed by atoms with E-state index in [9.17, 15) is 4.79 Å². The third kappa shape index (κ3) is 3.16. The average molecular weight is 267 g/mol. The highest BCUT2D eigenvalue weighted by Crippen LogP contribution is 2.20. The van der Waals surface area contributed by atoms with Gasteiger partial charge in [0.05, 0.1) is 17.1 Å². The summed E-state index contributed by atoms with van der Waals surface area (Å²) < 4.78 is 0. The molecule has 1 fully saturated rings. The van der Waals surface area contributed by atoms with E-state index in [1.807, 2.05) is 6.92 Å². The summed E-state index contributed by atoms with van der Waals surface area (Å²) in [5.74, 6) is 0. The van der Waals surface area contributed by atoms with Crippen molar-refractivity contribution in [3.05, 3.63) is 15.6 Å². The maximum atomic E-state index is 10.8. The fraction of sp³-hybridized carbons (Fsp3) is 0.692. The molecule has 4 nitrogen and oxygen atoms in total. The second kappa shape index (κ2) is 5.91. The first-order chi connectivity index (χ1) is 8.60. The Hall–Kier alpha value is -0.780. The molecule has 0 unspecified atom stereocenters. The maximum absolute atomic E-state index is 10.8. The fourth-order valence-electron chi connectivity index (χ4n) is 2.42. The first-order valence-corrected chi connectivity index (χ1v) is 7.22. The van der Waals surface area contributed by atoms with E-state index in [1.54, 1.807) is 0 Å². The summed E-state index contributed by atoms with van der Waals surface area (Å²) in [7, 11) is 4.34. The third-order valence-electron chi connectivity index (χ3n) is 3.68. The number of aromatic nitrogens is 1. The highest BCUT2D eigenvalue weighted by molar-refractivity contribution is 7.13. The van der Waals surface area contributed by atoms with Crippen LogP contribution in [0.25, 0.3) is 0 Å². The van der Waals surface area contributed by atoms with Gasteiger partial charge in [0.15, 0.2) is 6.29 Å². The lowest BCUT2D eigenvalue weighted by molar-refractivity contribution is 0.112. The van der Waals surface area contributed by atoms with Crippen LogP contribution in [0.2, 0.25) is 0 Å². The Balaban J connectivity index is 1.93. The zero-order valence-corrected chi connectivity index (χ0v) is 12.2. The molecule has 0 amide bonds. The molecule has 0 bridgehead atoms. The number of hydrogen-bond donors (Lipinski definition) is 0. The molecule has 1 saturated heterocycles. The van der Waals surface area contributed by atoms with Crippen molar-refractivity contribution in [2.75, 3.05) is 27.2 Å². The van der Waals surface area contributed by atoms with E-state index in [4.69, 9.17) is 0 Å². The van der Waals surface area contributed by atoms with Crippen LogP contribution in [-0.4, -0.2) is 54.3 Å². The number of piperidine rings is 1. The standard InChI is InChI=1S/C13H21N3OS/c1-10-12(9-17)18-13(14-10)8-16(3)11-4-6-15(2)7-5-11/h9,11H,4-8H2,1-3H3. The second-order valence-electron chi connectivity index (χ2n) is 5.12. The van der Waals surface area contributed by atoms with Crippen LogP contribution in [-0.2, 0) is 6.54 Å². The Kier molecular flexibility index (Phi) is 4.48. The third-order valence-corrected chi connectivity index (χ3v) is 4.75. The minimum atomic E-state index is 0.644. The van der Waals surface area contributed by atoms with E-state index in [0.29, 0.717) is 6.04 Å². The predicted octanol–water partition coefficient (Wildman–Crippen LogP) is 1.79. The summed E-state index contributed by atoms with van der Waals surface area (Å²) in [4.78, 5) is 20.8. The van der Waals surface area contributed by atoms with Crippen LogP contribution >= 0.6 is 11.3 Å². The molecule has 0 saturated carbocycles. The number of likely N-dealkylation sites (tertiary alicyclic amines) is 1. The second-order valence-corrected chi connectivity index (χ2v) is 6.24. The smallest absolute Gasteiger partial charge is 0.161 e. The molecule has 1 aromatic heterocycles.